The van der Waals surface area contributed by atoms with E-state index in [-0.39, 0.29) is 0 Å². The van der Waals surface area contributed by atoms with E-state index in [1.54, 1.807) is 0 Å². The summed E-state index contributed by atoms with van der Waals surface area (Å²) in [6.07, 6.45) is 2.43. The number of hydrogen-bond donors (Lipinski definition) is 2. The van der Waals surface area contributed by atoms with Crippen LogP contribution in [0.15, 0.2) is 109 Å². The maximum atomic E-state index is 5.59. The Balaban J connectivity index is 0.000000337. The van der Waals surface area contributed by atoms with Gasteiger partial charge >= 0.3 is 0 Å². The normalized spacial score (nSPS) is 10.4. The largest absolute Gasteiger partial charge is 0.390 e. The van der Waals surface area contributed by atoms with Gasteiger partial charge in [0, 0.05) is 12.2 Å². The Morgan fingerprint density at radius 3 is 1.82 bits per heavy atom. The highest BCUT2D eigenvalue weighted by atomic mass is 14.9. The number of nitrogens with zero attached hydrogens (tertiary/aromatic N) is 1. The van der Waals surface area contributed by atoms with Gasteiger partial charge in [-0.15, -0.1) is 0 Å². The first-order valence-corrected chi connectivity index (χ1v) is 12.0. The van der Waals surface area contributed by atoms with Crippen LogP contribution in [0.2, 0.25) is 0 Å². The van der Waals surface area contributed by atoms with E-state index in [2.05, 4.69) is 85.8 Å². The molecule has 180 valence electrons. The van der Waals surface area contributed by atoms with Crippen molar-refractivity contribution in [3.63, 3.8) is 0 Å². The minimum absolute atomic E-state index is 0.614. The summed E-state index contributed by atoms with van der Waals surface area (Å²) in [7, 11) is 0. The lowest BCUT2D eigenvalue weighted by Crippen LogP contribution is -2.27. The Morgan fingerprint density at radius 2 is 1.41 bits per heavy atom. The number of aryl methyl sites for hydroxylation is 1. The minimum atomic E-state index is -0.614. The van der Waals surface area contributed by atoms with Crippen LogP contribution in [0.3, 0.4) is 0 Å². The van der Waals surface area contributed by atoms with Crippen LogP contribution >= 0.6 is 0 Å². The van der Waals surface area contributed by atoms with E-state index >= 15 is 0 Å². The average molecular weight is 456 g/mol. The summed E-state index contributed by atoms with van der Waals surface area (Å²) >= 11 is 0. The minimum Gasteiger partial charge on any atom is -0.390 e. The van der Waals surface area contributed by atoms with E-state index in [1.165, 1.54) is 17.5 Å². The fourth-order valence-electron chi connectivity index (χ4n) is 3.68. The number of rotatable bonds is 8. The monoisotopic (exact) mass is 455 g/mol. The first-order chi connectivity index (χ1) is 16.5. The van der Waals surface area contributed by atoms with Crippen LogP contribution in [0.1, 0.15) is 56.9 Å². The molecule has 3 aromatic carbocycles. The lowest BCUT2D eigenvalue weighted by molar-refractivity contribution is 0.644. The highest BCUT2D eigenvalue weighted by Gasteiger charge is 2.34. The first-order valence-electron chi connectivity index (χ1n) is 12.0. The van der Waals surface area contributed by atoms with Gasteiger partial charge in [0.05, 0.1) is 6.34 Å². The number of nitrogens with two attached hydrogens (primary N) is 1. The molecule has 0 fully saturated rings. The van der Waals surface area contributed by atoms with Gasteiger partial charge in [-0.05, 0) is 54.2 Å². The van der Waals surface area contributed by atoms with Gasteiger partial charge < -0.3 is 11.1 Å². The molecule has 0 saturated heterocycles. The second-order valence-corrected chi connectivity index (χ2v) is 7.56. The molecule has 0 bridgehead atoms. The molecule has 0 heterocycles. The van der Waals surface area contributed by atoms with Crippen molar-refractivity contribution in [3.05, 3.63) is 126 Å². The van der Waals surface area contributed by atoms with Gasteiger partial charge in [0.25, 0.3) is 0 Å². The van der Waals surface area contributed by atoms with Crippen molar-refractivity contribution in [2.45, 2.75) is 46.6 Å². The molecule has 0 aliphatic carbocycles. The second-order valence-electron chi connectivity index (χ2n) is 7.56. The summed E-state index contributed by atoms with van der Waals surface area (Å²) in [5, 5.41) is 3.22. The smallest absolute Gasteiger partial charge is 0.133 e. The zero-order valence-electron chi connectivity index (χ0n) is 21.5. The third kappa shape index (κ3) is 7.48. The van der Waals surface area contributed by atoms with E-state index in [4.69, 9.17) is 5.73 Å². The van der Waals surface area contributed by atoms with Gasteiger partial charge in [0.2, 0.25) is 0 Å². The fraction of sp³-hybridized carbons (Fsp3) is 0.258. The SMILES string of the molecule is C=C(C)C(N=CN)(c1ccccc1)c1ccccc1.C=C(NCC)c1cccc(CC)c1.CC. The predicted molar refractivity (Wildman–Crippen MR) is 151 cm³/mol. The van der Waals surface area contributed by atoms with Crippen molar-refractivity contribution in [1.82, 2.24) is 5.32 Å². The number of nitrogens with one attached hydrogen (secondary N) is 1. The topological polar surface area (TPSA) is 50.4 Å². The van der Waals surface area contributed by atoms with Crippen LogP contribution in [-0.4, -0.2) is 12.9 Å². The van der Waals surface area contributed by atoms with Crippen molar-refractivity contribution in [2.75, 3.05) is 6.54 Å². The summed E-state index contributed by atoms with van der Waals surface area (Å²) in [5.74, 6) is 0. The Kier molecular flexibility index (Phi) is 12.8. The summed E-state index contributed by atoms with van der Waals surface area (Å²) < 4.78 is 0. The Morgan fingerprint density at radius 1 is 0.882 bits per heavy atom. The predicted octanol–water partition coefficient (Wildman–Crippen LogP) is 7.35. The van der Waals surface area contributed by atoms with E-state index in [0.717, 1.165) is 35.4 Å². The van der Waals surface area contributed by atoms with Crippen LogP contribution < -0.4 is 11.1 Å². The molecule has 3 heteroatoms. The molecule has 0 saturated carbocycles. The number of benzene rings is 3. The molecule has 0 aromatic heterocycles. The molecule has 34 heavy (non-hydrogen) atoms. The maximum Gasteiger partial charge on any atom is 0.133 e. The standard InChI is InChI=1S/C17H18N2.C12H17N.C2H6/c1-14(2)17(19-13-18,15-9-5-3-6-10-15)16-11-7-4-8-12-16;1-4-11-7-6-8-12(9-11)10(3)13-5-2;1-2/h3-13H,1H2,2H3,(H2,18,19);6-9,13H,3-5H2,1-2H3;1-2H3. The molecule has 0 unspecified atom stereocenters. The highest BCUT2D eigenvalue weighted by Crippen LogP contribution is 2.39. The number of hydrogen-bond acceptors (Lipinski definition) is 2. The Hall–Kier alpha value is -3.59. The van der Waals surface area contributed by atoms with E-state index < -0.39 is 5.54 Å². The molecular formula is C31H41N3. The highest BCUT2D eigenvalue weighted by molar-refractivity contribution is 5.62. The lowest BCUT2D eigenvalue weighted by Gasteiger charge is -2.31. The van der Waals surface area contributed by atoms with Crippen molar-refractivity contribution >= 4 is 12.0 Å². The summed E-state index contributed by atoms with van der Waals surface area (Å²) in [6.45, 7) is 19.3. The zero-order valence-corrected chi connectivity index (χ0v) is 21.5. The molecule has 3 aromatic rings. The van der Waals surface area contributed by atoms with Crippen LogP contribution in [-0.2, 0) is 12.0 Å². The van der Waals surface area contributed by atoms with E-state index in [0.29, 0.717) is 0 Å². The second kappa shape index (κ2) is 15.3. The average Bonchev–Trinajstić information content (AvgIpc) is 2.90. The fourth-order valence-corrected chi connectivity index (χ4v) is 3.68. The molecule has 3 nitrogen and oxygen atoms in total. The molecule has 0 aliphatic rings. The number of aliphatic imine (C=N–C) groups is 1. The van der Waals surface area contributed by atoms with Crippen molar-refractivity contribution in [1.29, 1.82) is 0 Å². The summed E-state index contributed by atoms with van der Waals surface area (Å²) in [5.41, 5.74) is 11.6. The van der Waals surface area contributed by atoms with Gasteiger partial charge in [-0.2, -0.15) is 0 Å². The van der Waals surface area contributed by atoms with E-state index in [1.807, 2.05) is 57.2 Å². The van der Waals surface area contributed by atoms with Crippen molar-refractivity contribution < 1.29 is 0 Å². The summed E-state index contributed by atoms with van der Waals surface area (Å²) in [6, 6.07) is 28.7. The molecule has 3 rings (SSSR count). The molecule has 0 amide bonds. The quantitative estimate of drug-likeness (QED) is 0.212. The molecule has 0 spiro atoms. The van der Waals surface area contributed by atoms with Gasteiger partial charge in [0.15, 0.2) is 0 Å². The molecule has 0 atom stereocenters. The van der Waals surface area contributed by atoms with Gasteiger partial charge in [-0.1, -0.05) is 113 Å². The Labute approximate surface area is 207 Å². The van der Waals surface area contributed by atoms with Crippen LogP contribution in [0, 0.1) is 0 Å². The molecule has 0 radical (unpaired) electrons. The maximum absolute atomic E-state index is 5.59. The third-order valence-electron chi connectivity index (χ3n) is 5.34. The molecule has 0 aliphatic heterocycles. The lowest BCUT2D eigenvalue weighted by atomic mass is 9.78. The molecule has 3 N–H and O–H groups in total. The van der Waals surface area contributed by atoms with E-state index in [9.17, 15) is 0 Å². The van der Waals surface area contributed by atoms with Crippen LogP contribution in [0.4, 0.5) is 0 Å². The zero-order chi connectivity index (χ0) is 25.4. The van der Waals surface area contributed by atoms with Gasteiger partial charge in [0.1, 0.15) is 5.54 Å². The van der Waals surface area contributed by atoms with Crippen molar-refractivity contribution in [2.24, 2.45) is 10.7 Å². The van der Waals surface area contributed by atoms with Crippen LogP contribution in [0.25, 0.3) is 5.70 Å². The van der Waals surface area contributed by atoms with Crippen molar-refractivity contribution in [3.8, 4) is 0 Å². The van der Waals surface area contributed by atoms with Crippen LogP contribution in [0.5, 0.6) is 0 Å². The third-order valence-corrected chi connectivity index (χ3v) is 5.34. The Bertz CT molecular complexity index is 981. The van der Waals surface area contributed by atoms with Gasteiger partial charge in [-0.25, -0.2) is 0 Å². The first kappa shape index (κ1) is 28.4. The van der Waals surface area contributed by atoms with Gasteiger partial charge in [-0.3, -0.25) is 4.99 Å². The summed E-state index contributed by atoms with van der Waals surface area (Å²) in [4.78, 5) is 4.55. The molecular weight excluding hydrogens is 414 g/mol.